The molecule has 3 heteroatoms. The fraction of sp³-hybridized carbons (Fsp3) is 0.562. The molecule has 0 aromatic heterocycles. The Morgan fingerprint density at radius 2 is 1.63 bits per heavy atom. The van der Waals surface area contributed by atoms with Gasteiger partial charge in [-0.05, 0) is 57.7 Å². The van der Waals surface area contributed by atoms with Gasteiger partial charge < -0.3 is 10.6 Å². The third-order valence-corrected chi connectivity index (χ3v) is 3.56. The molecule has 0 heterocycles. The van der Waals surface area contributed by atoms with E-state index in [-0.39, 0.29) is 0 Å². The van der Waals surface area contributed by atoms with Crippen molar-refractivity contribution >= 4 is 5.96 Å². The van der Waals surface area contributed by atoms with Crippen LogP contribution in [0.15, 0.2) is 17.1 Å². The van der Waals surface area contributed by atoms with Gasteiger partial charge in [-0.1, -0.05) is 17.7 Å². The van der Waals surface area contributed by atoms with E-state index in [9.17, 15) is 0 Å². The van der Waals surface area contributed by atoms with Crippen molar-refractivity contribution in [3.05, 3.63) is 34.4 Å². The van der Waals surface area contributed by atoms with E-state index in [0.29, 0.717) is 5.96 Å². The third kappa shape index (κ3) is 4.27. The summed E-state index contributed by atoms with van der Waals surface area (Å²) >= 11 is 0. The van der Waals surface area contributed by atoms with Gasteiger partial charge in [0.05, 0.1) is 0 Å². The van der Waals surface area contributed by atoms with Crippen LogP contribution in [0.1, 0.15) is 36.1 Å². The highest BCUT2D eigenvalue weighted by Crippen LogP contribution is 2.16. The summed E-state index contributed by atoms with van der Waals surface area (Å²) in [6.07, 6.45) is 0.958. The lowest BCUT2D eigenvalue weighted by molar-refractivity contribution is 0.458. The van der Waals surface area contributed by atoms with Gasteiger partial charge in [0, 0.05) is 19.6 Å². The zero-order valence-corrected chi connectivity index (χ0v) is 13.0. The number of aliphatic imine (C=N–C) groups is 1. The average molecular weight is 261 g/mol. The summed E-state index contributed by atoms with van der Waals surface area (Å²) in [5.74, 6) is 0.660. The Labute approximate surface area is 117 Å². The van der Waals surface area contributed by atoms with Crippen LogP contribution in [-0.2, 0) is 6.42 Å². The van der Waals surface area contributed by atoms with Crippen LogP contribution in [0.25, 0.3) is 0 Å². The van der Waals surface area contributed by atoms with Crippen molar-refractivity contribution in [3.63, 3.8) is 0 Å². The summed E-state index contributed by atoms with van der Waals surface area (Å²) in [6.45, 7) is 13.3. The van der Waals surface area contributed by atoms with Gasteiger partial charge in [0.15, 0.2) is 5.96 Å². The first-order valence-corrected chi connectivity index (χ1v) is 7.11. The second kappa shape index (κ2) is 7.17. The quantitative estimate of drug-likeness (QED) is 0.654. The lowest BCUT2D eigenvalue weighted by atomic mass is 9.97. The summed E-state index contributed by atoms with van der Waals surface area (Å²) in [7, 11) is 0. The molecule has 0 aliphatic carbocycles. The zero-order valence-electron chi connectivity index (χ0n) is 13.0. The molecule has 106 valence electrons. The molecule has 0 aliphatic heterocycles. The maximum atomic E-state index is 5.98. The van der Waals surface area contributed by atoms with Crippen molar-refractivity contribution in [2.24, 2.45) is 10.7 Å². The Kier molecular flexibility index (Phi) is 5.87. The number of hydrogen-bond acceptors (Lipinski definition) is 1. The number of nitrogens with zero attached hydrogens (tertiary/aromatic N) is 2. The predicted octanol–water partition coefficient (Wildman–Crippen LogP) is 2.81. The fourth-order valence-electron chi connectivity index (χ4n) is 2.53. The second-order valence-corrected chi connectivity index (χ2v) is 5.04. The highest BCUT2D eigenvalue weighted by Gasteiger charge is 2.05. The van der Waals surface area contributed by atoms with Crippen LogP contribution >= 0.6 is 0 Å². The van der Waals surface area contributed by atoms with E-state index in [4.69, 9.17) is 5.73 Å². The van der Waals surface area contributed by atoms with Crippen molar-refractivity contribution in [2.45, 2.75) is 41.0 Å². The lowest BCUT2D eigenvalue weighted by Crippen LogP contribution is -2.37. The molecule has 0 saturated carbocycles. The molecule has 0 spiro atoms. The van der Waals surface area contributed by atoms with Gasteiger partial charge in [0.2, 0.25) is 0 Å². The second-order valence-electron chi connectivity index (χ2n) is 5.04. The lowest BCUT2D eigenvalue weighted by Gasteiger charge is -2.19. The molecule has 0 fully saturated rings. The van der Waals surface area contributed by atoms with Gasteiger partial charge in [0.25, 0.3) is 0 Å². The van der Waals surface area contributed by atoms with Crippen LogP contribution in [0, 0.1) is 20.8 Å². The van der Waals surface area contributed by atoms with Crippen molar-refractivity contribution in [1.29, 1.82) is 0 Å². The molecule has 0 unspecified atom stereocenters. The van der Waals surface area contributed by atoms with Gasteiger partial charge in [-0.25, -0.2) is 0 Å². The summed E-state index contributed by atoms with van der Waals surface area (Å²) in [4.78, 5) is 6.56. The number of benzene rings is 1. The van der Waals surface area contributed by atoms with E-state index in [2.05, 4.69) is 56.6 Å². The van der Waals surface area contributed by atoms with Crippen molar-refractivity contribution in [1.82, 2.24) is 4.90 Å². The minimum Gasteiger partial charge on any atom is -0.370 e. The summed E-state index contributed by atoms with van der Waals surface area (Å²) in [6, 6.07) is 4.47. The van der Waals surface area contributed by atoms with Crippen LogP contribution in [0.5, 0.6) is 0 Å². The predicted molar refractivity (Wildman–Crippen MR) is 83.8 cm³/mol. The minimum absolute atomic E-state index is 0.660. The molecular formula is C16H27N3. The molecule has 0 amide bonds. The zero-order chi connectivity index (χ0) is 14.4. The van der Waals surface area contributed by atoms with Crippen LogP contribution < -0.4 is 5.73 Å². The number of rotatable bonds is 5. The van der Waals surface area contributed by atoms with E-state index in [1.54, 1.807) is 0 Å². The molecule has 3 nitrogen and oxygen atoms in total. The van der Waals surface area contributed by atoms with Gasteiger partial charge in [0.1, 0.15) is 0 Å². The smallest absolute Gasteiger partial charge is 0.191 e. The first-order valence-electron chi connectivity index (χ1n) is 7.11. The molecular weight excluding hydrogens is 234 g/mol. The monoisotopic (exact) mass is 261 g/mol. The van der Waals surface area contributed by atoms with Gasteiger partial charge in [-0.2, -0.15) is 0 Å². The van der Waals surface area contributed by atoms with Crippen LogP contribution in [0.2, 0.25) is 0 Å². The maximum Gasteiger partial charge on any atom is 0.191 e. The Balaban J connectivity index is 2.70. The molecule has 1 rings (SSSR count). The number of aryl methyl sites for hydroxylation is 3. The Morgan fingerprint density at radius 1 is 1.11 bits per heavy atom. The summed E-state index contributed by atoms with van der Waals surface area (Å²) in [5, 5.41) is 0. The SMILES string of the molecule is CCN(CC)C(N)=NCCc1c(C)cc(C)cc1C. The van der Waals surface area contributed by atoms with Crippen molar-refractivity contribution in [3.8, 4) is 0 Å². The third-order valence-electron chi connectivity index (χ3n) is 3.56. The Hall–Kier alpha value is -1.51. The first-order chi connectivity index (χ1) is 8.99. The fourth-order valence-corrected chi connectivity index (χ4v) is 2.53. The standard InChI is InChI=1S/C16H27N3/c1-6-19(7-2)16(17)18-9-8-15-13(4)10-12(3)11-14(15)5/h10-11H,6-9H2,1-5H3,(H2,17,18). The molecule has 1 aromatic carbocycles. The number of guanidine groups is 1. The van der Waals surface area contributed by atoms with Crippen molar-refractivity contribution in [2.75, 3.05) is 19.6 Å². The van der Waals surface area contributed by atoms with Crippen molar-refractivity contribution < 1.29 is 0 Å². The summed E-state index contributed by atoms with van der Waals surface area (Å²) < 4.78 is 0. The van der Waals surface area contributed by atoms with Gasteiger partial charge >= 0.3 is 0 Å². The molecule has 0 saturated heterocycles. The average Bonchev–Trinajstić information content (AvgIpc) is 2.34. The first kappa shape index (κ1) is 15.5. The molecule has 19 heavy (non-hydrogen) atoms. The molecule has 0 bridgehead atoms. The van der Waals surface area contributed by atoms with Gasteiger partial charge in [-0.3, -0.25) is 4.99 Å². The molecule has 0 radical (unpaired) electrons. The number of hydrogen-bond donors (Lipinski definition) is 1. The normalized spacial score (nSPS) is 11.7. The highest BCUT2D eigenvalue weighted by atomic mass is 15.2. The Morgan fingerprint density at radius 3 is 2.11 bits per heavy atom. The molecule has 2 N–H and O–H groups in total. The number of nitrogens with two attached hydrogens (primary N) is 1. The van der Waals surface area contributed by atoms with Gasteiger partial charge in [-0.15, -0.1) is 0 Å². The summed E-state index contributed by atoms with van der Waals surface area (Å²) in [5.41, 5.74) is 11.4. The van der Waals surface area contributed by atoms with E-state index in [1.807, 2.05) is 0 Å². The largest absolute Gasteiger partial charge is 0.370 e. The maximum absolute atomic E-state index is 5.98. The Bertz CT molecular complexity index is 422. The molecule has 0 aliphatic rings. The van der Waals surface area contributed by atoms with Crippen LogP contribution in [-0.4, -0.2) is 30.5 Å². The highest BCUT2D eigenvalue weighted by molar-refractivity contribution is 5.78. The van der Waals surface area contributed by atoms with Crippen LogP contribution in [0.3, 0.4) is 0 Å². The molecule has 0 atom stereocenters. The van der Waals surface area contributed by atoms with E-state index in [1.165, 1.54) is 22.3 Å². The van der Waals surface area contributed by atoms with E-state index < -0.39 is 0 Å². The topological polar surface area (TPSA) is 41.6 Å². The minimum atomic E-state index is 0.660. The van der Waals surface area contributed by atoms with Crippen LogP contribution in [0.4, 0.5) is 0 Å². The van der Waals surface area contributed by atoms with E-state index in [0.717, 1.165) is 26.1 Å². The van der Waals surface area contributed by atoms with E-state index >= 15 is 0 Å². The molecule has 1 aromatic rings.